The first kappa shape index (κ1) is 17.3. The third-order valence-corrected chi connectivity index (χ3v) is 3.78. The van der Waals surface area contributed by atoms with Crippen LogP contribution >= 0.6 is 0 Å². The first-order valence-corrected chi connectivity index (χ1v) is 8.44. The van der Waals surface area contributed by atoms with Gasteiger partial charge in [0.1, 0.15) is 24.7 Å². The smallest absolute Gasteiger partial charge is 0.126 e. The van der Waals surface area contributed by atoms with Gasteiger partial charge in [-0.15, -0.1) is 0 Å². The van der Waals surface area contributed by atoms with Gasteiger partial charge in [-0.05, 0) is 29.8 Å². The van der Waals surface area contributed by atoms with E-state index in [1.165, 1.54) is 0 Å². The van der Waals surface area contributed by atoms with E-state index in [9.17, 15) is 5.26 Å². The van der Waals surface area contributed by atoms with E-state index < -0.39 is 0 Å². The summed E-state index contributed by atoms with van der Waals surface area (Å²) in [4.78, 5) is 0. The Morgan fingerprint density at radius 2 is 1.38 bits per heavy atom. The van der Waals surface area contributed by atoms with Gasteiger partial charge in [0.25, 0.3) is 0 Å². The number of nitrogens with zero attached hydrogens (tertiary/aromatic N) is 1. The van der Waals surface area contributed by atoms with E-state index in [4.69, 9.17) is 9.47 Å². The summed E-state index contributed by atoms with van der Waals surface area (Å²) >= 11 is 0. The number of para-hydroxylation sites is 2. The van der Waals surface area contributed by atoms with Crippen LogP contribution in [0.4, 0.5) is 0 Å². The molecular formula is C23H19NO2. The van der Waals surface area contributed by atoms with Crippen molar-refractivity contribution in [3.8, 4) is 17.6 Å². The highest BCUT2D eigenvalue weighted by atomic mass is 16.5. The highest BCUT2D eigenvalue weighted by Crippen LogP contribution is 2.24. The molecule has 0 fully saturated rings. The molecule has 0 amide bonds. The van der Waals surface area contributed by atoms with Gasteiger partial charge in [0.15, 0.2) is 0 Å². The predicted octanol–water partition coefficient (Wildman–Crippen LogP) is 5.21. The standard InChI is InChI=1S/C23H19NO2/c24-18-21(19-9-3-1-4-10-19)17-20-11-7-8-14-23(20)26-16-15-25-22-12-5-2-6-13-22/h1-14,17H,15-16H2/b21-17-. The SMILES string of the molecule is N#C/C(=C/c1ccccc1OCCOc1ccccc1)c1ccccc1. The van der Waals surface area contributed by atoms with E-state index >= 15 is 0 Å². The summed E-state index contributed by atoms with van der Waals surface area (Å²) in [6.45, 7) is 0.874. The second-order valence-electron chi connectivity index (χ2n) is 5.58. The highest BCUT2D eigenvalue weighted by molar-refractivity contribution is 5.90. The Balaban J connectivity index is 1.68. The fourth-order valence-electron chi connectivity index (χ4n) is 2.51. The molecular weight excluding hydrogens is 322 g/mol. The molecule has 0 aliphatic heterocycles. The van der Waals surface area contributed by atoms with Crippen molar-refractivity contribution in [3.05, 3.63) is 96.1 Å². The Hall–Kier alpha value is -3.51. The lowest BCUT2D eigenvalue weighted by molar-refractivity contribution is 0.217. The average Bonchev–Trinajstić information content (AvgIpc) is 2.71. The topological polar surface area (TPSA) is 42.2 Å². The van der Waals surface area contributed by atoms with Gasteiger partial charge in [-0.1, -0.05) is 66.7 Å². The van der Waals surface area contributed by atoms with Crippen LogP contribution in [0.1, 0.15) is 11.1 Å². The first-order chi connectivity index (χ1) is 12.9. The Kier molecular flexibility index (Phi) is 6.06. The molecule has 3 heteroatoms. The molecule has 3 nitrogen and oxygen atoms in total. The molecule has 0 aromatic heterocycles. The third-order valence-electron chi connectivity index (χ3n) is 3.78. The van der Waals surface area contributed by atoms with Crippen LogP contribution in [0.2, 0.25) is 0 Å². The van der Waals surface area contributed by atoms with Gasteiger partial charge in [-0.3, -0.25) is 0 Å². The first-order valence-electron chi connectivity index (χ1n) is 8.44. The Labute approximate surface area is 153 Å². The van der Waals surface area contributed by atoms with E-state index in [0.717, 1.165) is 22.6 Å². The molecule has 128 valence electrons. The molecule has 0 unspecified atom stereocenters. The van der Waals surface area contributed by atoms with Crippen LogP contribution in [0.3, 0.4) is 0 Å². The van der Waals surface area contributed by atoms with Gasteiger partial charge in [0.2, 0.25) is 0 Å². The molecule has 0 bridgehead atoms. The van der Waals surface area contributed by atoms with Gasteiger partial charge in [-0.25, -0.2) is 0 Å². The minimum absolute atomic E-state index is 0.424. The van der Waals surface area contributed by atoms with Gasteiger partial charge in [0, 0.05) is 5.56 Å². The summed E-state index contributed by atoms with van der Waals surface area (Å²) in [5, 5.41) is 9.49. The molecule has 0 N–H and O–H groups in total. The van der Waals surface area contributed by atoms with Gasteiger partial charge < -0.3 is 9.47 Å². The van der Waals surface area contributed by atoms with Crippen molar-refractivity contribution < 1.29 is 9.47 Å². The molecule has 3 rings (SSSR count). The van der Waals surface area contributed by atoms with E-state index in [2.05, 4.69) is 6.07 Å². The lowest BCUT2D eigenvalue weighted by atomic mass is 10.0. The summed E-state index contributed by atoms with van der Waals surface area (Å²) in [6.07, 6.45) is 1.85. The summed E-state index contributed by atoms with van der Waals surface area (Å²) in [6, 6.07) is 29.2. The number of ether oxygens (including phenoxy) is 2. The molecule has 3 aromatic carbocycles. The lowest BCUT2D eigenvalue weighted by Crippen LogP contribution is -2.09. The summed E-state index contributed by atoms with van der Waals surface area (Å²) in [5.41, 5.74) is 2.35. The minimum atomic E-state index is 0.424. The largest absolute Gasteiger partial charge is 0.490 e. The van der Waals surface area contributed by atoms with E-state index in [-0.39, 0.29) is 0 Å². The minimum Gasteiger partial charge on any atom is -0.490 e. The van der Waals surface area contributed by atoms with Gasteiger partial charge in [0.05, 0.1) is 11.6 Å². The molecule has 0 saturated carbocycles. The average molecular weight is 341 g/mol. The number of nitriles is 1. The van der Waals surface area contributed by atoms with Crippen LogP contribution in [0.5, 0.6) is 11.5 Å². The van der Waals surface area contributed by atoms with Gasteiger partial charge in [-0.2, -0.15) is 5.26 Å². The van der Waals surface area contributed by atoms with E-state index in [0.29, 0.717) is 18.8 Å². The zero-order chi connectivity index (χ0) is 18.0. The highest BCUT2D eigenvalue weighted by Gasteiger charge is 2.05. The Morgan fingerprint density at radius 3 is 2.12 bits per heavy atom. The van der Waals surface area contributed by atoms with Crippen molar-refractivity contribution in [1.82, 2.24) is 0 Å². The van der Waals surface area contributed by atoms with Crippen LogP contribution in [-0.4, -0.2) is 13.2 Å². The second kappa shape index (κ2) is 9.10. The van der Waals surface area contributed by atoms with Crippen LogP contribution in [0.15, 0.2) is 84.9 Å². The lowest BCUT2D eigenvalue weighted by Gasteiger charge is -2.11. The molecule has 0 aliphatic carbocycles. The summed E-state index contributed by atoms with van der Waals surface area (Å²) in [5.74, 6) is 1.55. The molecule has 0 aliphatic rings. The number of hydrogen-bond donors (Lipinski definition) is 0. The maximum atomic E-state index is 9.49. The number of allylic oxidation sites excluding steroid dienone is 1. The molecule has 26 heavy (non-hydrogen) atoms. The van der Waals surface area contributed by atoms with Crippen molar-refractivity contribution in [2.45, 2.75) is 0 Å². The van der Waals surface area contributed by atoms with E-state index in [1.54, 1.807) is 0 Å². The second-order valence-corrected chi connectivity index (χ2v) is 5.58. The van der Waals surface area contributed by atoms with Crippen molar-refractivity contribution >= 4 is 11.6 Å². The fraction of sp³-hybridized carbons (Fsp3) is 0.0870. The molecule has 0 spiro atoms. The third kappa shape index (κ3) is 4.75. The molecule has 0 heterocycles. The zero-order valence-electron chi connectivity index (χ0n) is 14.3. The van der Waals surface area contributed by atoms with Crippen LogP contribution < -0.4 is 9.47 Å². The molecule has 3 aromatic rings. The maximum absolute atomic E-state index is 9.49. The predicted molar refractivity (Wildman–Crippen MR) is 104 cm³/mol. The van der Waals surface area contributed by atoms with Crippen LogP contribution in [0.25, 0.3) is 11.6 Å². The number of hydrogen-bond acceptors (Lipinski definition) is 3. The summed E-state index contributed by atoms with van der Waals surface area (Å²) < 4.78 is 11.5. The van der Waals surface area contributed by atoms with Crippen LogP contribution in [-0.2, 0) is 0 Å². The van der Waals surface area contributed by atoms with E-state index in [1.807, 2.05) is 91.0 Å². The molecule has 0 radical (unpaired) electrons. The number of benzene rings is 3. The van der Waals surface area contributed by atoms with Crippen molar-refractivity contribution in [2.24, 2.45) is 0 Å². The maximum Gasteiger partial charge on any atom is 0.126 e. The van der Waals surface area contributed by atoms with Crippen molar-refractivity contribution in [2.75, 3.05) is 13.2 Å². The zero-order valence-corrected chi connectivity index (χ0v) is 14.3. The Morgan fingerprint density at radius 1 is 0.769 bits per heavy atom. The molecule has 0 atom stereocenters. The number of rotatable bonds is 7. The summed E-state index contributed by atoms with van der Waals surface area (Å²) in [7, 11) is 0. The van der Waals surface area contributed by atoms with Crippen molar-refractivity contribution in [3.63, 3.8) is 0 Å². The normalized spacial score (nSPS) is 10.8. The quantitative estimate of drug-likeness (QED) is 0.337. The van der Waals surface area contributed by atoms with Crippen LogP contribution in [0, 0.1) is 11.3 Å². The van der Waals surface area contributed by atoms with Crippen molar-refractivity contribution in [1.29, 1.82) is 5.26 Å². The monoisotopic (exact) mass is 341 g/mol. The van der Waals surface area contributed by atoms with Gasteiger partial charge >= 0.3 is 0 Å². The fourth-order valence-corrected chi connectivity index (χ4v) is 2.51. The Bertz CT molecular complexity index is 896. The molecule has 0 saturated heterocycles.